The van der Waals surface area contributed by atoms with Gasteiger partial charge in [0, 0.05) is 38.9 Å². The number of rotatable bonds is 6. The molecule has 8 heteroatoms. The van der Waals surface area contributed by atoms with Crippen molar-refractivity contribution in [2.45, 2.75) is 32.7 Å². The van der Waals surface area contributed by atoms with Gasteiger partial charge in [0.15, 0.2) is 0 Å². The average molecular weight is 299 g/mol. The van der Waals surface area contributed by atoms with Gasteiger partial charge in [-0.3, -0.25) is 14.4 Å². The zero-order valence-electron chi connectivity index (χ0n) is 12.2. The minimum atomic E-state index is -1.12. The summed E-state index contributed by atoms with van der Waals surface area (Å²) >= 11 is 0. The van der Waals surface area contributed by atoms with Crippen LogP contribution >= 0.6 is 0 Å². The van der Waals surface area contributed by atoms with E-state index < -0.39 is 17.9 Å². The molecule has 1 rings (SSSR count). The Labute approximate surface area is 122 Å². The van der Waals surface area contributed by atoms with Crippen molar-refractivity contribution in [2.75, 3.05) is 19.6 Å². The molecule has 0 aliphatic carbocycles. The molecule has 1 fully saturated rings. The first-order valence-corrected chi connectivity index (χ1v) is 6.87. The lowest BCUT2D eigenvalue weighted by molar-refractivity contribution is -0.152. The number of piperidine rings is 1. The van der Waals surface area contributed by atoms with Crippen LogP contribution in [0.25, 0.3) is 0 Å². The van der Waals surface area contributed by atoms with Crippen LogP contribution in [0.1, 0.15) is 26.7 Å². The van der Waals surface area contributed by atoms with Crippen molar-refractivity contribution >= 4 is 23.7 Å². The van der Waals surface area contributed by atoms with Crippen molar-refractivity contribution in [1.82, 2.24) is 15.5 Å². The topological polar surface area (TPSA) is 116 Å². The number of aliphatic carboxylic acids is 1. The summed E-state index contributed by atoms with van der Waals surface area (Å²) in [5.74, 6) is -2.43. The van der Waals surface area contributed by atoms with Crippen molar-refractivity contribution in [3.63, 3.8) is 0 Å². The maximum absolute atomic E-state index is 12.4. The molecule has 0 radical (unpaired) electrons. The van der Waals surface area contributed by atoms with E-state index in [0.717, 1.165) is 0 Å². The van der Waals surface area contributed by atoms with E-state index in [1.807, 2.05) is 0 Å². The van der Waals surface area contributed by atoms with E-state index in [1.54, 1.807) is 0 Å². The summed E-state index contributed by atoms with van der Waals surface area (Å²) in [5.41, 5.74) is 0. The molecule has 8 nitrogen and oxygen atoms in total. The van der Waals surface area contributed by atoms with Gasteiger partial charge < -0.3 is 20.6 Å². The highest BCUT2D eigenvalue weighted by atomic mass is 16.4. The molecule has 2 atom stereocenters. The molecule has 21 heavy (non-hydrogen) atoms. The molecular formula is C13H21N3O5. The van der Waals surface area contributed by atoms with Crippen LogP contribution in [0.5, 0.6) is 0 Å². The Balaban J connectivity index is 2.73. The normalized spacial score (nSPS) is 19.3. The number of hydrogen-bond acceptors (Lipinski definition) is 4. The van der Waals surface area contributed by atoms with Crippen LogP contribution in [-0.4, -0.2) is 59.4 Å². The smallest absolute Gasteiger partial charge is 0.326 e. The largest absolute Gasteiger partial charge is 0.480 e. The van der Waals surface area contributed by atoms with E-state index in [2.05, 4.69) is 10.6 Å². The third-order valence-electron chi connectivity index (χ3n) is 3.43. The van der Waals surface area contributed by atoms with Crippen LogP contribution in [0.2, 0.25) is 0 Å². The second-order valence-corrected chi connectivity index (χ2v) is 5.07. The molecule has 0 spiro atoms. The van der Waals surface area contributed by atoms with Crippen molar-refractivity contribution in [3.05, 3.63) is 0 Å². The molecule has 2 unspecified atom stereocenters. The molecule has 0 aromatic rings. The second kappa shape index (κ2) is 7.61. The Kier molecular flexibility index (Phi) is 6.13. The highest BCUT2D eigenvalue weighted by Crippen LogP contribution is 2.17. The van der Waals surface area contributed by atoms with Gasteiger partial charge in [0.05, 0.1) is 0 Å². The quantitative estimate of drug-likeness (QED) is 0.579. The van der Waals surface area contributed by atoms with Crippen molar-refractivity contribution < 1.29 is 24.3 Å². The Morgan fingerprint density at radius 3 is 2.67 bits per heavy atom. The van der Waals surface area contributed by atoms with E-state index in [0.29, 0.717) is 13.0 Å². The number of carboxylic acids is 1. The molecule has 0 saturated carbocycles. The summed E-state index contributed by atoms with van der Waals surface area (Å²) in [6.07, 6.45) is 0.565. The fourth-order valence-corrected chi connectivity index (χ4v) is 2.21. The first-order valence-electron chi connectivity index (χ1n) is 6.87. The summed E-state index contributed by atoms with van der Waals surface area (Å²) in [5, 5.41) is 14.3. The number of carbonyl (C=O) groups excluding carboxylic acids is 3. The number of carboxylic acid groups (broad SMARTS) is 1. The molecule has 1 aliphatic heterocycles. The minimum Gasteiger partial charge on any atom is -0.480 e. The van der Waals surface area contributed by atoms with Crippen LogP contribution < -0.4 is 10.6 Å². The summed E-state index contributed by atoms with van der Waals surface area (Å²) < 4.78 is 0. The predicted octanol–water partition coefficient (Wildman–Crippen LogP) is -1.05. The summed E-state index contributed by atoms with van der Waals surface area (Å²) in [7, 11) is 0. The number of amides is 3. The Morgan fingerprint density at radius 2 is 2.14 bits per heavy atom. The highest BCUT2D eigenvalue weighted by molar-refractivity contribution is 5.89. The van der Waals surface area contributed by atoms with Gasteiger partial charge in [0.1, 0.15) is 6.04 Å². The maximum atomic E-state index is 12.4. The van der Waals surface area contributed by atoms with Crippen molar-refractivity contribution in [1.29, 1.82) is 0 Å². The third kappa shape index (κ3) is 5.05. The highest BCUT2D eigenvalue weighted by Gasteiger charge is 2.33. The van der Waals surface area contributed by atoms with Gasteiger partial charge in [-0.15, -0.1) is 0 Å². The monoisotopic (exact) mass is 299 g/mol. The standard InChI is InChI=1S/C13H21N3O5/c1-8(13(20)21)16(6-5-14-9(2)17)12(19)10-3-4-15-11(18)7-10/h8,10H,3-7H2,1-2H3,(H,14,17)(H,15,18)(H,20,21). The van der Waals surface area contributed by atoms with Gasteiger partial charge in [0.25, 0.3) is 0 Å². The molecule has 0 bridgehead atoms. The zero-order valence-corrected chi connectivity index (χ0v) is 12.2. The third-order valence-corrected chi connectivity index (χ3v) is 3.43. The first kappa shape index (κ1) is 16.9. The maximum Gasteiger partial charge on any atom is 0.326 e. The van der Waals surface area contributed by atoms with Gasteiger partial charge in [-0.2, -0.15) is 0 Å². The first-order chi connectivity index (χ1) is 9.82. The van der Waals surface area contributed by atoms with Crippen LogP contribution in [0.3, 0.4) is 0 Å². The Morgan fingerprint density at radius 1 is 1.48 bits per heavy atom. The van der Waals surface area contributed by atoms with E-state index in [1.165, 1.54) is 18.7 Å². The Bertz CT molecular complexity index is 438. The molecule has 3 N–H and O–H groups in total. The molecule has 1 heterocycles. The molecular weight excluding hydrogens is 278 g/mol. The zero-order chi connectivity index (χ0) is 16.0. The molecule has 1 aliphatic rings. The molecule has 0 aromatic carbocycles. The van der Waals surface area contributed by atoms with Gasteiger partial charge >= 0.3 is 5.97 Å². The van der Waals surface area contributed by atoms with Crippen LogP contribution in [0.15, 0.2) is 0 Å². The lowest BCUT2D eigenvalue weighted by atomic mass is 9.95. The fourth-order valence-electron chi connectivity index (χ4n) is 2.21. The number of hydrogen-bond donors (Lipinski definition) is 3. The predicted molar refractivity (Wildman–Crippen MR) is 73.2 cm³/mol. The van der Waals surface area contributed by atoms with E-state index >= 15 is 0 Å². The van der Waals surface area contributed by atoms with E-state index in [-0.39, 0.29) is 37.2 Å². The summed E-state index contributed by atoms with van der Waals surface area (Å²) in [4.78, 5) is 47.0. The van der Waals surface area contributed by atoms with E-state index in [9.17, 15) is 19.2 Å². The average Bonchev–Trinajstić information content (AvgIpc) is 2.42. The number of nitrogens with one attached hydrogen (secondary N) is 2. The molecule has 3 amide bonds. The summed E-state index contributed by atoms with van der Waals surface area (Å²) in [6, 6.07) is -1.00. The molecule has 1 saturated heterocycles. The molecule has 118 valence electrons. The van der Waals surface area contributed by atoms with Crippen LogP contribution in [0.4, 0.5) is 0 Å². The molecule has 0 aromatic heterocycles. The van der Waals surface area contributed by atoms with Crippen LogP contribution in [-0.2, 0) is 19.2 Å². The SMILES string of the molecule is CC(=O)NCCN(C(=O)C1CCNC(=O)C1)C(C)C(=O)O. The van der Waals surface area contributed by atoms with E-state index in [4.69, 9.17) is 5.11 Å². The number of nitrogens with zero attached hydrogens (tertiary/aromatic N) is 1. The van der Waals surface area contributed by atoms with Crippen LogP contribution in [0, 0.1) is 5.92 Å². The van der Waals surface area contributed by atoms with Gasteiger partial charge in [-0.25, -0.2) is 4.79 Å². The number of carbonyl (C=O) groups is 4. The van der Waals surface area contributed by atoms with Crippen molar-refractivity contribution in [2.24, 2.45) is 5.92 Å². The lowest BCUT2D eigenvalue weighted by Gasteiger charge is -2.31. The second-order valence-electron chi connectivity index (χ2n) is 5.07. The Hall–Kier alpha value is -2.12. The fraction of sp³-hybridized carbons (Fsp3) is 0.692. The lowest BCUT2D eigenvalue weighted by Crippen LogP contribution is -2.51. The van der Waals surface area contributed by atoms with Crippen molar-refractivity contribution in [3.8, 4) is 0 Å². The summed E-state index contributed by atoms with van der Waals surface area (Å²) in [6.45, 7) is 3.45. The van der Waals surface area contributed by atoms with Gasteiger partial charge in [-0.1, -0.05) is 0 Å². The minimum absolute atomic E-state index is 0.0712. The van der Waals surface area contributed by atoms with Gasteiger partial charge in [-0.05, 0) is 13.3 Å². The van der Waals surface area contributed by atoms with Gasteiger partial charge in [0.2, 0.25) is 17.7 Å².